The second-order valence-electron chi connectivity index (χ2n) is 9.75. The highest BCUT2D eigenvalue weighted by atomic mass is 32.2. The molecule has 2 aliphatic rings. The van der Waals surface area contributed by atoms with Crippen LogP contribution in [0.5, 0.6) is 0 Å². The number of rotatable bonds is 5. The first-order chi connectivity index (χ1) is 16.2. The van der Waals surface area contributed by atoms with Crippen molar-refractivity contribution in [2.45, 2.75) is 45.4 Å². The SMILES string of the molecule is Cc1cc(C)c(S(=O)(=O)Nc2cc(C(=O)N3CCC(C)CC3)ccc2N2CCNCC2)cc1C. The third kappa shape index (κ3) is 5.23. The topological polar surface area (TPSA) is 81.8 Å². The largest absolute Gasteiger partial charge is 0.367 e. The molecule has 1 amide bonds. The maximum Gasteiger partial charge on any atom is 0.262 e. The number of piperidine rings is 1. The number of carbonyl (C=O) groups excluding carboxylic acids is 1. The molecule has 2 aromatic carbocycles. The minimum atomic E-state index is -3.84. The van der Waals surface area contributed by atoms with Crippen molar-refractivity contribution in [3.05, 3.63) is 52.6 Å². The highest BCUT2D eigenvalue weighted by molar-refractivity contribution is 7.92. The predicted molar refractivity (Wildman–Crippen MR) is 137 cm³/mol. The normalized spacial score (nSPS) is 17.6. The predicted octanol–water partition coefficient (Wildman–Crippen LogP) is 3.69. The Labute approximate surface area is 203 Å². The molecule has 7 nitrogen and oxygen atoms in total. The number of nitrogens with zero attached hydrogens (tertiary/aromatic N) is 2. The molecule has 4 rings (SSSR count). The van der Waals surface area contributed by atoms with Crippen LogP contribution in [-0.4, -0.2) is 58.5 Å². The van der Waals surface area contributed by atoms with E-state index in [4.69, 9.17) is 0 Å². The Morgan fingerprint density at radius 3 is 2.26 bits per heavy atom. The molecule has 0 spiro atoms. The smallest absolute Gasteiger partial charge is 0.262 e. The first-order valence-corrected chi connectivity index (χ1v) is 13.6. The number of hydrogen-bond donors (Lipinski definition) is 2. The molecule has 2 saturated heterocycles. The van der Waals surface area contributed by atoms with E-state index in [1.807, 2.05) is 43.9 Å². The number of amides is 1. The van der Waals surface area contributed by atoms with Crippen molar-refractivity contribution in [1.29, 1.82) is 0 Å². The number of sulfonamides is 1. The molecule has 2 N–H and O–H groups in total. The number of benzene rings is 2. The van der Waals surface area contributed by atoms with Crippen LogP contribution in [0.15, 0.2) is 35.2 Å². The average Bonchev–Trinajstić information content (AvgIpc) is 2.81. The van der Waals surface area contributed by atoms with Gasteiger partial charge in [-0.05, 0) is 80.5 Å². The van der Waals surface area contributed by atoms with Crippen molar-refractivity contribution >= 4 is 27.3 Å². The van der Waals surface area contributed by atoms with Crippen molar-refractivity contribution in [3.8, 4) is 0 Å². The Hall–Kier alpha value is -2.58. The molecular formula is C26H36N4O3S. The molecule has 2 fully saturated rings. The van der Waals surface area contributed by atoms with Gasteiger partial charge in [0, 0.05) is 44.8 Å². The lowest BCUT2D eigenvalue weighted by molar-refractivity contribution is 0.0697. The summed E-state index contributed by atoms with van der Waals surface area (Å²) in [4.78, 5) is 17.6. The Kier molecular flexibility index (Phi) is 7.19. The number of carbonyl (C=O) groups is 1. The van der Waals surface area contributed by atoms with Gasteiger partial charge in [0.15, 0.2) is 0 Å². The van der Waals surface area contributed by atoms with E-state index >= 15 is 0 Å². The minimum Gasteiger partial charge on any atom is -0.367 e. The highest BCUT2D eigenvalue weighted by Gasteiger charge is 2.25. The summed E-state index contributed by atoms with van der Waals surface area (Å²) in [7, 11) is -3.84. The standard InChI is InChI=1S/C26H36N4O3S/c1-18-7-11-30(12-8-18)26(31)22-5-6-24(29-13-9-27-10-14-29)23(17-22)28-34(32,33)25-16-20(3)19(2)15-21(25)4/h5-6,15-18,27-28H,7-14H2,1-4H3. The van der Waals surface area contributed by atoms with Gasteiger partial charge in [-0.3, -0.25) is 9.52 Å². The maximum atomic E-state index is 13.5. The van der Waals surface area contributed by atoms with E-state index in [-0.39, 0.29) is 10.8 Å². The highest BCUT2D eigenvalue weighted by Crippen LogP contribution is 2.32. The van der Waals surface area contributed by atoms with Gasteiger partial charge in [0.25, 0.3) is 15.9 Å². The molecular weight excluding hydrogens is 448 g/mol. The monoisotopic (exact) mass is 484 g/mol. The molecule has 0 aliphatic carbocycles. The Morgan fingerprint density at radius 2 is 1.59 bits per heavy atom. The van der Waals surface area contributed by atoms with E-state index in [0.717, 1.165) is 68.9 Å². The van der Waals surface area contributed by atoms with Crippen LogP contribution in [0.25, 0.3) is 0 Å². The van der Waals surface area contributed by atoms with E-state index in [2.05, 4.69) is 21.9 Å². The van der Waals surface area contributed by atoms with Gasteiger partial charge in [0.2, 0.25) is 0 Å². The van der Waals surface area contributed by atoms with Crippen LogP contribution in [0.3, 0.4) is 0 Å². The van der Waals surface area contributed by atoms with Crippen LogP contribution >= 0.6 is 0 Å². The van der Waals surface area contributed by atoms with Crippen LogP contribution in [0, 0.1) is 26.7 Å². The number of aryl methyl sites for hydroxylation is 3. The summed E-state index contributed by atoms with van der Waals surface area (Å²) in [6, 6.07) is 9.05. The minimum absolute atomic E-state index is 0.0402. The molecule has 0 saturated carbocycles. The summed E-state index contributed by atoms with van der Waals surface area (Å²) < 4.78 is 29.8. The summed E-state index contributed by atoms with van der Waals surface area (Å²) in [5.74, 6) is 0.587. The average molecular weight is 485 g/mol. The van der Waals surface area contributed by atoms with E-state index in [0.29, 0.717) is 22.7 Å². The molecule has 0 aromatic heterocycles. The maximum absolute atomic E-state index is 13.5. The number of nitrogens with one attached hydrogen (secondary N) is 2. The van der Waals surface area contributed by atoms with Gasteiger partial charge >= 0.3 is 0 Å². The van der Waals surface area contributed by atoms with E-state index in [1.54, 1.807) is 12.1 Å². The number of piperazine rings is 1. The van der Waals surface area contributed by atoms with Gasteiger partial charge in [-0.15, -0.1) is 0 Å². The summed E-state index contributed by atoms with van der Waals surface area (Å²) >= 11 is 0. The molecule has 34 heavy (non-hydrogen) atoms. The van der Waals surface area contributed by atoms with E-state index < -0.39 is 10.0 Å². The van der Waals surface area contributed by atoms with Crippen LogP contribution in [0.4, 0.5) is 11.4 Å². The number of anilines is 2. The second-order valence-corrected chi connectivity index (χ2v) is 11.4. The van der Waals surface area contributed by atoms with E-state index in [1.165, 1.54) is 0 Å². The third-order valence-corrected chi connectivity index (χ3v) is 8.60. The third-order valence-electron chi connectivity index (χ3n) is 7.10. The fraction of sp³-hybridized carbons (Fsp3) is 0.500. The molecule has 0 bridgehead atoms. The molecule has 0 atom stereocenters. The molecule has 0 unspecified atom stereocenters. The first kappa shape index (κ1) is 24.5. The molecule has 184 valence electrons. The lowest BCUT2D eigenvalue weighted by Crippen LogP contribution is -2.44. The second kappa shape index (κ2) is 9.96. The van der Waals surface area contributed by atoms with Gasteiger partial charge in [0.1, 0.15) is 0 Å². The number of likely N-dealkylation sites (tertiary alicyclic amines) is 1. The molecule has 2 aliphatic heterocycles. The van der Waals surface area contributed by atoms with Gasteiger partial charge in [-0.2, -0.15) is 0 Å². The van der Waals surface area contributed by atoms with Gasteiger partial charge in [0.05, 0.1) is 16.3 Å². The van der Waals surface area contributed by atoms with Crippen LogP contribution in [0.2, 0.25) is 0 Å². The molecule has 8 heteroatoms. The summed E-state index contributed by atoms with van der Waals surface area (Å²) in [5, 5.41) is 3.33. The molecule has 2 heterocycles. The van der Waals surface area contributed by atoms with Crippen molar-refractivity contribution in [1.82, 2.24) is 10.2 Å². The fourth-order valence-electron chi connectivity index (χ4n) is 4.75. The van der Waals surface area contributed by atoms with Crippen molar-refractivity contribution in [2.24, 2.45) is 5.92 Å². The fourth-order valence-corrected chi connectivity index (χ4v) is 6.13. The molecule has 2 aromatic rings. The van der Waals surface area contributed by atoms with Gasteiger partial charge in [-0.1, -0.05) is 13.0 Å². The van der Waals surface area contributed by atoms with Crippen LogP contribution < -0.4 is 14.9 Å². The first-order valence-electron chi connectivity index (χ1n) is 12.2. The summed E-state index contributed by atoms with van der Waals surface area (Å²) in [6.45, 7) is 12.6. The molecule has 0 radical (unpaired) electrons. The number of hydrogen-bond acceptors (Lipinski definition) is 5. The summed E-state index contributed by atoms with van der Waals surface area (Å²) in [6.07, 6.45) is 1.99. The summed E-state index contributed by atoms with van der Waals surface area (Å²) in [5.41, 5.74) is 4.46. The Balaban J connectivity index is 1.70. The van der Waals surface area contributed by atoms with E-state index in [9.17, 15) is 13.2 Å². The van der Waals surface area contributed by atoms with Crippen molar-refractivity contribution in [2.75, 3.05) is 48.9 Å². The Morgan fingerprint density at radius 1 is 0.941 bits per heavy atom. The Bertz CT molecular complexity index is 1160. The quantitative estimate of drug-likeness (QED) is 0.676. The van der Waals surface area contributed by atoms with Crippen molar-refractivity contribution in [3.63, 3.8) is 0 Å². The lowest BCUT2D eigenvalue weighted by Gasteiger charge is -2.32. The zero-order valence-electron chi connectivity index (χ0n) is 20.6. The zero-order chi connectivity index (χ0) is 24.5. The van der Waals surface area contributed by atoms with Gasteiger partial charge in [-0.25, -0.2) is 8.42 Å². The zero-order valence-corrected chi connectivity index (χ0v) is 21.5. The lowest BCUT2D eigenvalue weighted by atomic mass is 9.98. The van der Waals surface area contributed by atoms with Crippen LogP contribution in [0.1, 0.15) is 46.8 Å². The van der Waals surface area contributed by atoms with Gasteiger partial charge < -0.3 is 15.1 Å². The van der Waals surface area contributed by atoms with Crippen molar-refractivity contribution < 1.29 is 13.2 Å². The van der Waals surface area contributed by atoms with Crippen LogP contribution in [-0.2, 0) is 10.0 Å².